The standard InChI is InChI=1S/C14H16F3NO3/c15-14(16,17)11-3-1-2-10(6-11)8-18-4-5-21-9-12(18)7-13(19)20/h1-3,6,12H,4-5,7-9H2,(H,19,20)/t12-/m0/s1. The van der Waals surface area contributed by atoms with Crippen molar-refractivity contribution in [2.75, 3.05) is 19.8 Å². The second-order valence-electron chi connectivity index (χ2n) is 5.00. The van der Waals surface area contributed by atoms with E-state index in [9.17, 15) is 18.0 Å². The normalized spacial score (nSPS) is 20.4. The third kappa shape index (κ3) is 4.44. The molecule has 1 aliphatic heterocycles. The van der Waals surface area contributed by atoms with Crippen LogP contribution in [0.3, 0.4) is 0 Å². The van der Waals surface area contributed by atoms with Crippen molar-refractivity contribution in [1.82, 2.24) is 4.90 Å². The molecule has 0 aliphatic carbocycles. The van der Waals surface area contributed by atoms with Crippen molar-refractivity contribution in [3.05, 3.63) is 35.4 Å². The van der Waals surface area contributed by atoms with E-state index >= 15 is 0 Å². The summed E-state index contributed by atoms with van der Waals surface area (Å²) < 4.78 is 43.3. The molecule has 2 rings (SSSR count). The third-order valence-corrected chi connectivity index (χ3v) is 3.40. The number of morpholine rings is 1. The van der Waals surface area contributed by atoms with E-state index in [1.807, 2.05) is 4.90 Å². The number of benzene rings is 1. The molecule has 7 heteroatoms. The number of carboxylic acids is 1. The topological polar surface area (TPSA) is 49.8 Å². The summed E-state index contributed by atoms with van der Waals surface area (Å²) in [6.45, 7) is 1.53. The number of hydrogen-bond acceptors (Lipinski definition) is 3. The summed E-state index contributed by atoms with van der Waals surface area (Å²) in [7, 11) is 0. The van der Waals surface area contributed by atoms with Crippen LogP contribution in [0.2, 0.25) is 0 Å². The summed E-state index contributed by atoms with van der Waals surface area (Å²) in [5.74, 6) is -0.945. The number of aliphatic carboxylic acids is 1. The van der Waals surface area contributed by atoms with Crippen LogP contribution >= 0.6 is 0 Å². The minimum Gasteiger partial charge on any atom is -0.481 e. The van der Waals surface area contributed by atoms with Crippen LogP contribution in [0, 0.1) is 0 Å². The van der Waals surface area contributed by atoms with Gasteiger partial charge in [-0.3, -0.25) is 9.69 Å². The summed E-state index contributed by atoms with van der Waals surface area (Å²) in [5, 5.41) is 8.87. The fourth-order valence-corrected chi connectivity index (χ4v) is 2.37. The fourth-order valence-electron chi connectivity index (χ4n) is 2.37. The Morgan fingerprint density at radius 2 is 2.19 bits per heavy atom. The van der Waals surface area contributed by atoms with Crippen molar-refractivity contribution in [3.63, 3.8) is 0 Å². The van der Waals surface area contributed by atoms with Crippen LogP contribution in [-0.4, -0.2) is 41.8 Å². The molecule has 0 amide bonds. The number of rotatable bonds is 4. The molecule has 1 heterocycles. The summed E-state index contributed by atoms with van der Waals surface area (Å²) in [6, 6.07) is 4.80. The van der Waals surface area contributed by atoms with Gasteiger partial charge in [-0.15, -0.1) is 0 Å². The van der Waals surface area contributed by atoms with E-state index in [0.717, 1.165) is 12.1 Å². The first-order valence-corrected chi connectivity index (χ1v) is 6.56. The summed E-state index contributed by atoms with van der Waals surface area (Å²) in [6.07, 6.45) is -4.46. The van der Waals surface area contributed by atoms with Crippen molar-refractivity contribution < 1.29 is 27.8 Å². The van der Waals surface area contributed by atoms with Gasteiger partial charge in [-0.2, -0.15) is 13.2 Å². The van der Waals surface area contributed by atoms with E-state index in [1.54, 1.807) is 6.07 Å². The maximum atomic E-state index is 12.7. The van der Waals surface area contributed by atoms with E-state index in [2.05, 4.69) is 0 Å². The smallest absolute Gasteiger partial charge is 0.416 e. The Morgan fingerprint density at radius 3 is 2.86 bits per heavy atom. The molecular weight excluding hydrogens is 287 g/mol. The van der Waals surface area contributed by atoms with Crippen LogP contribution in [0.25, 0.3) is 0 Å². The van der Waals surface area contributed by atoms with Gasteiger partial charge in [0.1, 0.15) is 0 Å². The average Bonchev–Trinajstić information content (AvgIpc) is 2.40. The molecule has 1 fully saturated rings. The number of ether oxygens (including phenoxy) is 1. The van der Waals surface area contributed by atoms with Crippen molar-refractivity contribution >= 4 is 5.97 Å². The second-order valence-corrected chi connectivity index (χ2v) is 5.00. The Hall–Kier alpha value is -1.60. The molecule has 0 aromatic heterocycles. The average molecular weight is 303 g/mol. The molecule has 1 aromatic carbocycles. The third-order valence-electron chi connectivity index (χ3n) is 3.40. The zero-order chi connectivity index (χ0) is 15.5. The van der Waals surface area contributed by atoms with Gasteiger partial charge in [0.25, 0.3) is 0 Å². The largest absolute Gasteiger partial charge is 0.481 e. The van der Waals surface area contributed by atoms with Gasteiger partial charge in [0.2, 0.25) is 0 Å². The lowest BCUT2D eigenvalue weighted by atomic mass is 10.1. The number of carboxylic acid groups (broad SMARTS) is 1. The lowest BCUT2D eigenvalue weighted by molar-refractivity contribution is -0.140. The van der Waals surface area contributed by atoms with Gasteiger partial charge in [-0.25, -0.2) is 0 Å². The minimum atomic E-state index is -4.37. The number of carbonyl (C=O) groups is 1. The quantitative estimate of drug-likeness (QED) is 0.928. The highest BCUT2D eigenvalue weighted by atomic mass is 19.4. The molecule has 116 valence electrons. The Balaban J connectivity index is 2.10. The van der Waals surface area contributed by atoms with E-state index in [0.29, 0.717) is 18.7 Å². The van der Waals surface area contributed by atoms with E-state index < -0.39 is 17.7 Å². The van der Waals surface area contributed by atoms with Gasteiger partial charge in [-0.1, -0.05) is 18.2 Å². The monoisotopic (exact) mass is 303 g/mol. The highest BCUT2D eigenvalue weighted by Crippen LogP contribution is 2.30. The Kier molecular flexibility index (Phi) is 4.84. The number of hydrogen-bond donors (Lipinski definition) is 1. The number of alkyl halides is 3. The Morgan fingerprint density at radius 1 is 1.43 bits per heavy atom. The molecule has 0 radical (unpaired) electrons. The SMILES string of the molecule is O=C(O)C[C@H]1COCCN1Cc1cccc(C(F)(F)F)c1. The molecule has 1 saturated heterocycles. The maximum Gasteiger partial charge on any atom is 0.416 e. The molecule has 21 heavy (non-hydrogen) atoms. The van der Waals surface area contributed by atoms with Crippen molar-refractivity contribution in [3.8, 4) is 0 Å². The van der Waals surface area contributed by atoms with Gasteiger partial charge in [0.15, 0.2) is 0 Å². The van der Waals surface area contributed by atoms with E-state index in [-0.39, 0.29) is 25.6 Å². The summed E-state index contributed by atoms with van der Waals surface area (Å²) in [5.41, 5.74) is -0.176. The Bertz CT molecular complexity index is 504. The maximum absolute atomic E-state index is 12.7. The summed E-state index contributed by atoms with van der Waals surface area (Å²) >= 11 is 0. The van der Waals surface area contributed by atoms with Crippen molar-refractivity contribution in [2.45, 2.75) is 25.2 Å². The first kappa shape index (κ1) is 15.8. The highest BCUT2D eigenvalue weighted by Gasteiger charge is 2.31. The van der Waals surface area contributed by atoms with Crippen molar-refractivity contribution in [2.24, 2.45) is 0 Å². The van der Waals surface area contributed by atoms with Gasteiger partial charge >= 0.3 is 12.1 Å². The van der Waals surface area contributed by atoms with E-state index in [4.69, 9.17) is 9.84 Å². The Labute approximate surface area is 120 Å². The molecule has 1 aliphatic rings. The zero-order valence-electron chi connectivity index (χ0n) is 11.3. The number of nitrogens with zero attached hydrogens (tertiary/aromatic N) is 1. The van der Waals surface area contributed by atoms with Crippen LogP contribution in [0.5, 0.6) is 0 Å². The predicted molar refractivity (Wildman–Crippen MR) is 68.7 cm³/mol. The molecule has 0 unspecified atom stereocenters. The van der Waals surface area contributed by atoms with E-state index in [1.165, 1.54) is 6.07 Å². The van der Waals surface area contributed by atoms with Crippen LogP contribution in [0.4, 0.5) is 13.2 Å². The molecule has 0 bridgehead atoms. The molecular formula is C14H16F3NO3. The zero-order valence-corrected chi connectivity index (χ0v) is 11.3. The molecule has 1 aromatic rings. The molecule has 0 saturated carbocycles. The lowest BCUT2D eigenvalue weighted by Gasteiger charge is -2.34. The highest BCUT2D eigenvalue weighted by molar-refractivity contribution is 5.67. The van der Waals surface area contributed by atoms with Crippen LogP contribution < -0.4 is 0 Å². The van der Waals surface area contributed by atoms with Gasteiger partial charge < -0.3 is 9.84 Å². The van der Waals surface area contributed by atoms with Gasteiger partial charge in [0, 0.05) is 19.1 Å². The van der Waals surface area contributed by atoms with Crippen LogP contribution in [-0.2, 0) is 22.3 Å². The first-order chi connectivity index (χ1) is 9.86. The molecule has 4 nitrogen and oxygen atoms in total. The molecule has 0 spiro atoms. The van der Waals surface area contributed by atoms with Crippen LogP contribution in [0.15, 0.2) is 24.3 Å². The lowest BCUT2D eigenvalue weighted by Crippen LogP contribution is -2.45. The van der Waals surface area contributed by atoms with Crippen molar-refractivity contribution in [1.29, 1.82) is 0 Å². The number of halogens is 3. The second kappa shape index (κ2) is 6.44. The predicted octanol–water partition coefficient (Wildman–Crippen LogP) is 2.38. The minimum absolute atomic E-state index is 0.0844. The fraction of sp³-hybridized carbons (Fsp3) is 0.500. The molecule has 1 N–H and O–H groups in total. The first-order valence-electron chi connectivity index (χ1n) is 6.56. The molecule has 1 atom stereocenters. The summed E-state index contributed by atoms with van der Waals surface area (Å²) in [4.78, 5) is 12.7. The van der Waals surface area contributed by atoms with Crippen LogP contribution in [0.1, 0.15) is 17.5 Å². The van der Waals surface area contributed by atoms with Gasteiger partial charge in [-0.05, 0) is 11.6 Å². The van der Waals surface area contributed by atoms with Gasteiger partial charge in [0.05, 0.1) is 25.2 Å².